The van der Waals surface area contributed by atoms with Gasteiger partial charge in [-0.1, -0.05) is 25.5 Å². The van der Waals surface area contributed by atoms with Crippen LogP contribution in [0.5, 0.6) is 0 Å². The van der Waals surface area contributed by atoms with E-state index in [1.165, 1.54) is 11.1 Å². The fourth-order valence-corrected chi connectivity index (χ4v) is 6.78. The maximum atomic E-state index is 12.0. The maximum Gasteiger partial charge on any atom is 0.336 e. The zero-order valence-electron chi connectivity index (χ0n) is 15.3. The normalized spacial score (nSPS) is 48.8. The van der Waals surface area contributed by atoms with E-state index in [0.717, 1.165) is 25.7 Å². The van der Waals surface area contributed by atoms with Gasteiger partial charge in [0.2, 0.25) is 0 Å². The number of allylic oxidation sites excluding steroid dienone is 4. The Hall–Kier alpha value is -1.42. The number of ketones is 1. The van der Waals surface area contributed by atoms with Crippen LogP contribution < -0.4 is 0 Å². The molecule has 0 radical (unpaired) electrons. The molecule has 2 fully saturated rings. The van der Waals surface area contributed by atoms with Crippen molar-refractivity contribution in [1.82, 2.24) is 0 Å². The van der Waals surface area contributed by atoms with Crippen molar-refractivity contribution < 1.29 is 19.8 Å². The van der Waals surface area contributed by atoms with E-state index in [2.05, 4.69) is 19.9 Å². The van der Waals surface area contributed by atoms with Crippen molar-refractivity contribution in [3.05, 3.63) is 23.3 Å². The lowest BCUT2D eigenvalue weighted by molar-refractivity contribution is -0.179. The number of carbonyl (C=O) groups excluding carboxylic acids is 1. The molecule has 25 heavy (non-hydrogen) atoms. The standard InChI is InChI=1S/C21H28O4/c1-12-10-14-15(19(2)7-4-13(22)11-17(12)19)5-8-20(3)16(14)6-9-21(20,25)18(23)24/h10-11,14-16,25H,4-9H2,1-3H3,(H,23,24). The molecular weight excluding hydrogens is 316 g/mol. The monoisotopic (exact) mass is 344 g/mol. The Morgan fingerprint density at radius 3 is 2.52 bits per heavy atom. The van der Waals surface area contributed by atoms with Crippen LogP contribution in [-0.2, 0) is 9.59 Å². The van der Waals surface area contributed by atoms with Crippen molar-refractivity contribution in [2.45, 2.75) is 64.9 Å². The number of rotatable bonds is 1. The largest absolute Gasteiger partial charge is 0.479 e. The topological polar surface area (TPSA) is 74.6 Å². The average Bonchev–Trinajstić information content (AvgIpc) is 2.83. The first-order valence-corrected chi connectivity index (χ1v) is 9.53. The molecule has 0 aromatic heterocycles. The van der Waals surface area contributed by atoms with Crippen LogP contribution in [-0.4, -0.2) is 27.6 Å². The van der Waals surface area contributed by atoms with E-state index in [4.69, 9.17) is 0 Å². The molecule has 0 spiro atoms. The molecule has 0 heterocycles. The van der Waals surface area contributed by atoms with Gasteiger partial charge < -0.3 is 10.2 Å². The molecule has 2 N–H and O–H groups in total. The van der Waals surface area contributed by atoms with Gasteiger partial charge in [-0.05, 0) is 73.8 Å². The van der Waals surface area contributed by atoms with Gasteiger partial charge in [0.1, 0.15) is 0 Å². The van der Waals surface area contributed by atoms with E-state index >= 15 is 0 Å². The lowest BCUT2D eigenvalue weighted by Crippen LogP contribution is -2.57. The van der Waals surface area contributed by atoms with Crippen LogP contribution in [0.4, 0.5) is 0 Å². The van der Waals surface area contributed by atoms with Crippen LogP contribution in [0.25, 0.3) is 0 Å². The number of aliphatic carboxylic acids is 1. The van der Waals surface area contributed by atoms with Crippen molar-refractivity contribution in [3.63, 3.8) is 0 Å². The van der Waals surface area contributed by atoms with Crippen LogP contribution >= 0.6 is 0 Å². The Morgan fingerprint density at radius 2 is 1.84 bits per heavy atom. The molecule has 4 heteroatoms. The fraction of sp³-hybridized carbons (Fsp3) is 0.714. The predicted molar refractivity (Wildman–Crippen MR) is 93.8 cm³/mol. The highest BCUT2D eigenvalue weighted by Gasteiger charge is 2.66. The highest BCUT2D eigenvalue weighted by Crippen LogP contribution is 2.66. The molecule has 2 saturated carbocycles. The third-order valence-electron chi connectivity index (χ3n) is 8.34. The fourth-order valence-electron chi connectivity index (χ4n) is 6.78. The number of carboxylic acids is 1. The summed E-state index contributed by atoms with van der Waals surface area (Å²) in [5, 5.41) is 20.6. The Balaban J connectivity index is 1.80. The summed E-state index contributed by atoms with van der Waals surface area (Å²) in [7, 11) is 0. The quantitative estimate of drug-likeness (QED) is 0.763. The number of hydrogen-bond acceptors (Lipinski definition) is 3. The van der Waals surface area contributed by atoms with E-state index in [9.17, 15) is 19.8 Å². The van der Waals surface area contributed by atoms with Crippen molar-refractivity contribution in [2.75, 3.05) is 0 Å². The Kier molecular flexibility index (Phi) is 3.45. The first kappa shape index (κ1) is 17.0. The number of hydrogen-bond donors (Lipinski definition) is 2. The van der Waals surface area contributed by atoms with Crippen LogP contribution in [0.3, 0.4) is 0 Å². The molecule has 4 rings (SSSR count). The second kappa shape index (κ2) is 5.06. The summed E-state index contributed by atoms with van der Waals surface area (Å²) in [6, 6.07) is 0. The molecule has 0 aromatic carbocycles. The van der Waals surface area contributed by atoms with E-state index in [1.807, 2.05) is 13.0 Å². The summed E-state index contributed by atoms with van der Waals surface area (Å²) in [5.74, 6) is 0.0773. The van der Waals surface area contributed by atoms with Gasteiger partial charge in [-0.3, -0.25) is 4.79 Å². The molecule has 4 aliphatic carbocycles. The first-order chi connectivity index (χ1) is 11.6. The van der Waals surface area contributed by atoms with Gasteiger partial charge in [-0.25, -0.2) is 4.79 Å². The number of carboxylic acid groups (broad SMARTS) is 1. The predicted octanol–water partition coefficient (Wildman–Crippen LogP) is 3.50. The third kappa shape index (κ3) is 1.98. The second-order valence-corrected chi connectivity index (χ2v) is 9.24. The zero-order chi connectivity index (χ0) is 18.2. The summed E-state index contributed by atoms with van der Waals surface area (Å²) in [6.07, 6.45) is 8.39. The van der Waals surface area contributed by atoms with Gasteiger partial charge in [-0.2, -0.15) is 0 Å². The summed E-state index contributed by atoms with van der Waals surface area (Å²) in [4.78, 5) is 23.8. The summed E-state index contributed by atoms with van der Waals surface area (Å²) in [6.45, 7) is 6.36. The molecule has 6 unspecified atom stereocenters. The molecule has 0 aliphatic heterocycles. The smallest absolute Gasteiger partial charge is 0.336 e. The molecule has 4 aliphatic rings. The van der Waals surface area contributed by atoms with E-state index in [0.29, 0.717) is 24.7 Å². The molecule has 4 nitrogen and oxygen atoms in total. The summed E-state index contributed by atoms with van der Waals surface area (Å²) >= 11 is 0. The molecule has 0 amide bonds. The highest BCUT2D eigenvalue weighted by atomic mass is 16.4. The number of aliphatic hydroxyl groups is 1. The van der Waals surface area contributed by atoms with Crippen molar-refractivity contribution >= 4 is 11.8 Å². The summed E-state index contributed by atoms with van der Waals surface area (Å²) < 4.78 is 0. The van der Waals surface area contributed by atoms with Crippen molar-refractivity contribution in [2.24, 2.45) is 28.6 Å². The SMILES string of the molecule is CC1=CC2C(CCC3(C)C2CCC3(O)C(=O)O)C2(C)CCC(=O)C=C12. The van der Waals surface area contributed by atoms with E-state index in [1.54, 1.807) is 0 Å². The first-order valence-electron chi connectivity index (χ1n) is 9.53. The number of fused-ring (bicyclic) bond motifs is 5. The van der Waals surface area contributed by atoms with Crippen LogP contribution in [0, 0.1) is 28.6 Å². The molecule has 0 aromatic rings. The van der Waals surface area contributed by atoms with Gasteiger partial charge in [0.25, 0.3) is 0 Å². The Morgan fingerprint density at radius 1 is 1.16 bits per heavy atom. The van der Waals surface area contributed by atoms with Gasteiger partial charge in [-0.15, -0.1) is 0 Å². The maximum absolute atomic E-state index is 12.0. The van der Waals surface area contributed by atoms with E-state index in [-0.39, 0.29) is 17.1 Å². The lowest BCUT2D eigenvalue weighted by Gasteiger charge is -2.57. The zero-order valence-corrected chi connectivity index (χ0v) is 15.3. The van der Waals surface area contributed by atoms with Crippen molar-refractivity contribution in [1.29, 1.82) is 0 Å². The van der Waals surface area contributed by atoms with Gasteiger partial charge in [0, 0.05) is 11.8 Å². The minimum Gasteiger partial charge on any atom is -0.479 e. The minimum atomic E-state index is -1.61. The molecule has 136 valence electrons. The van der Waals surface area contributed by atoms with E-state index < -0.39 is 17.0 Å². The molecular formula is C21H28O4. The van der Waals surface area contributed by atoms with Crippen LogP contribution in [0.15, 0.2) is 23.3 Å². The average molecular weight is 344 g/mol. The number of carbonyl (C=O) groups is 2. The Bertz CT molecular complexity index is 719. The van der Waals surface area contributed by atoms with Crippen LogP contribution in [0.1, 0.15) is 59.3 Å². The molecule has 0 bridgehead atoms. The van der Waals surface area contributed by atoms with Gasteiger partial charge in [0.15, 0.2) is 11.4 Å². The molecule has 6 atom stereocenters. The summed E-state index contributed by atoms with van der Waals surface area (Å²) in [5.41, 5.74) is 0.192. The third-order valence-corrected chi connectivity index (χ3v) is 8.34. The van der Waals surface area contributed by atoms with Gasteiger partial charge >= 0.3 is 5.97 Å². The van der Waals surface area contributed by atoms with Crippen LogP contribution in [0.2, 0.25) is 0 Å². The van der Waals surface area contributed by atoms with Gasteiger partial charge in [0.05, 0.1) is 0 Å². The molecule has 0 saturated heterocycles. The highest BCUT2D eigenvalue weighted by molar-refractivity contribution is 5.92. The second-order valence-electron chi connectivity index (χ2n) is 9.24. The minimum absolute atomic E-state index is 0.00265. The lowest BCUT2D eigenvalue weighted by atomic mass is 9.47. The Labute approximate surface area is 149 Å². The van der Waals surface area contributed by atoms with Crippen molar-refractivity contribution in [3.8, 4) is 0 Å².